The van der Waals surface area contributed by atoms with E-state index in [1.807, 2.05) is 0 Å². The Labute approximate surface area is 97.3 Å². The van der Waals surface area contributed by atoms with Crippen LogP contribution in [-0.2, 0) is 19.4 Å². The second-order valence-corrected chi connectivity index (χ2v) is 6.57. The number of carbonyl (C=O) groups is 1. The molecule has 0 atom stereocenters. The Morgan fingerprint density at radius 2 is 1.94 bits per heavy atom. The first-order valence-electron chi connectivity index (χ1n) is 5.77. The zero-order valence-electron chi connectivity index (χ0n) is 9.78. The molecular formula is C11H20O4S. The van der Waals surface area contributed by atoms with Crippen LogP contribution in [0.1, 0.15) is 32.1 Å². The molecule has 0 aromatic rings. The number of Topliss-reactive ketones (excluding diaryl/α,β-unsaturated/α-hetero) is 1. The van der Waals surface area contributed by atoms with Crippen LogP contribution in [-0.4, -0.2) is 39.4 Å². The van der Waals surface area contributed by atoms with Crippen LogP contribution in [0.2, 0.25) is 0 Å². The lowest BCUT2D eigenvalue weighted by atomic mass is 10.0. The summed E-state index contributed by atoms with van der Waals surface area (Å²) in [6.07, 6.45) is 4.32. The second-order valence-electron chi connectivity index (χ2n) is 4.39. The third kappa shape index (κ3) is 4.61. The second kappa shape index (κ2) is 6.35. The third-order valence-electron chi connectivity index (χ3n) is 2.98. The van der Waals surface area contributed by atoms with Gasteiger partial charge in [-0.2, -0.15) is 0 Å². The van der Waals surface area contributed by atoms with Crippen LogP contribution in [0, 0.1) is 5.92 Å². The van der Waals surface area contributed by atoms with Crippen LogP contribution in [0.3, 0.4) is 0 Å². The minimum Gasteiger partial charge on any atom is -0.385 e. The maximum atomic E-state index is 11.7. The Bertz CT molecular complexity index is 315. The molecule has 0 aromatic heterocycles. The summed E-state index contributed by atoms with van der Waals surface area (Å²) >= 11 is 0. The SMILES string of the molecule is COCCCS(=O)(=O)CC(=O)C1CCCC1. The first-order valence-corrected chi connectivity index (χ1v) is 7.59. The summed E-state index contributed by atoms with van der Waals surface area (Å²) in [6.45, 7) is 0.427. The highest BCUT2D eigenvalue weighted by molar-refractivity contribution is 7.92. The third-order valence-corrected chi connectivity index (χ3v) is 4.61. The lowest BCUT2D eigenvalue weighted by Gasteiger charge is -2.08. The van der Waals surface area contributed by atoms with Gasteiger partial charge in [-0.05, 0) is 19.3 Å². The monoisotopic (exact) mass is 248 g/mol. The summed E-state index contributed by atoms with van der Waals surface area (Å²) in [5.41, 5.74) is 0. The maximum absolute atomic E-state index is 11.7. The standard InChI is InChI=1S/C11H20O4S/c1-15-7-4-8-16(13,14)9-11(12)10-5-2-3-6-10/h10H,2-9H2,1H3. The fraction of sp³-hybridized carbons (Fsp3) is 0.909. The van der Waals surface area contributed by atoms with Crippen molar-refractivity contribution in [3.05, 3.63) is 0 Å². The van der Waals surface area contributed by atoms with E-state index in [2.05, 4.69) is 0 Å². The van der Waals surface area contributed by atoms with Crippen LogP contribution >= 0.6 is 0 Å². The normalized spacial score (nSPS) is 17.8. The van der Waals surface area contributed by atoms with Gasteiger partial charge < -0.3 is 4.74 Å². The fourth-order valence-corrected chi connectivity index (χ4v) is 3.45. The van der Waals surface area contributed by atoms with Gasteiger partial charge in [-0.15, -0.1) is 0 Å². The topological polar surface area (TPSA) is 60.4 Å². The number of rotatable bonds is 7. The van der Waals surface area contributed by atoms with Crippen molar-refractivity contribution in [3.8, 4) is 0 Å². The summed E-state index contributed by atoms with van der Waals surface area (Å²) in [6, 6.07) is 0. The van der Waals surface area contributed by atoms with Crippen LogP contribution < -0.4 is 0 Å². The molecule has 1 aliphatic carbocycles. The van der Waals surface area contributed by atoms with Gasteiger partial charge in [-0.25, -0.2) is 8.42 Å². The van der Waals surface area contributed by atoms with E-state index in [1.54, 1.807) is 0 Å². The summed E-state index contributed by atoms with van der Waals surface area (Å²) in [4.78, 5) is 11.7. The van der Waals surface area contributed by atoms with Gasteiger partial charge in [0.15, 0.2) is 15.6 Å². The molecular weight excluding hydrogens is 228 g/mol. The Hall–Kier alpha value is -0.420. The Morgan fingerprint density at radius 1 is 1.31 bits per heavy atom. The molecule has 0 amide bonds. The number of ketones is 1. The molecule has 94 valence electrons. The fourth-order valence-electron chi connectivity index (χ4n) is 2.08. The quantitative estimate of drug-likeness (QED) is 0.635. The molecule has 16 heavy (non-hydrogen) atoms. The van der Waals surface area contributed by atoms with Gasteiger partial charge in [0.1, 0.15) is 5.75 Å². The summed E-state index contributed by atoms with van der Waals surface area (Å²) in [7, 11) is -1.68. The molecule has 0 saturated heterocycles. The van der Waals surface area contributed by atoms with Crippen LogP contribution in [0.5, 0.6) is 0 Å². The van der Waals surface area contributed by atoms with Crippen molar-refractivity contribution in [2.75, 3.05) is 25.2 Å². The molecule has 0 heterocycles. The van der Waals surface area contributed by atoms with Crippen molar-refractivity contribution in [2.24, 2.45) is 5.92 Å². The summed E-state index contributed by atoms with van der Waals surface area (Å²) < 4.78 is 28.0. The molecule has 0 unspecified atom stereocenters. The van der Waals surface area contributed by atoms with E-state index in [0.717, 1.165) is 25.7 Å². The molecule has 5 heteroatoms. The molecule has 0 bridgehead atoms. The Balaban J connectivity index is 2.36. The van der Waals surface area contributed by atoms with E-state index in [1.165, 1.54) is 7.11 Å². The van der Waals surface area contributed by atoms with Crippen molar-refractivity contribution in [1.82, 2.24) is 0 Å². The molecule has 4 nitrogen and oxygen atoms in total. The van der Waals surface area contributed by atoms with E-state index in [0.29, 0.717) is 13.0 Å². The number of hydrogen-bond donors (Lipinski definition) is 0. The molecule has 0 radical (unpaired) electrons. The lowest BCUT2D eigenvalue weighted by molar-refractivity contribution is -0.120. The van der Waals surface area contributed by atoms with Gasteiger partial charge in [0, 0.05) is 19.6 Å². The van der Waals surface area contributed by atoms with E-state index >= 15 is 0 Å². The lowest BCUT2D eigenvalue weighted by Crippen LogP contribution is -2.24. The van der Waals surface area contributed by atoms with Crippen molar-refractivity contribution in [2.45, 2.75) is 32.1 Å². The van der Waals surface area contributed by atoms with Gasteiger partial charge in [-0.1, -0.05) is 12.8 Å². The average Bonchev–Trinajstić information content (AvgIpc) is 2.69. The zero-order valence-corrected chi connectivity index (χ0v) is 10.6. The highest BCUT2D eigenvalue weighted by Crippen LogP contribution is 2.25. The highest BCUT2D eigenvalue weighted by Gasteiger charge is 2.26. The van der Waals surface area contributed by atoms with Gasteiger partial charge >= 0.3 is 0 Å². The van der Waals surface area contributed by atoms with E-state index in [-0.39, 0.29) is 23.2 Å². The molecule has 0 spiro atoms. The Morgan fingerprint density at radius 3 is 2.50 bits per heavy atom. The van der Waals surface area contributed by atoms with Crippen LogP contribution in [0.4, 0.5) is 0 Å². The van der Waals surface area contributed by atoms with Crippen molar-refractivity contribution >= 4 is 15.6 Å². The molecule has 0 N–H and O–H groups in total. The molecule has 1 aliphatic rings. The molecule has 1 fully saturated rings. The van der Waals surface area contributed by atoms with Gasteiger partial charge in [0.25, 0.3) is 0 Å². The zero-order chi connectivity index (χ0) is 12.0. The molecule has 1 rings (SSSR count). The predicted molar refractivity (Wildman–Crippen MR) is 62.1 cm³/mol. The average molecular weight is 248 g/mol. The smallest absolute Gasteiger partial charge is 0.157 e. The maximum Gasteiger partial charge on any atom is 0.157 e. The first-order chi connectivity index (χ1) is 7.55. The van der Waals surface area contributed by atoms with Gasteiger partial charge in [-0.3, -0.25) is 4.79 Å². The van der Waals surface area contributed by atoms with Crippen LogP contribution in [0.25, 0.3) is 0 Å². The van der Waals surface area contributed by atoms with Crippen LogP contribution in [0.15, 0.2) is 0 Å². The number of carbonyl (C=O) groups excluding carboxylic acids is 1. The minimum atomic E-state index is -3.22. The largest absolute Gasteiger partial charge is 0.385 e. The first kappa shape index (κ1) is 13.6. The van der Waals surface area contributed by atoms with Gasteiger partial charge in [0.05, 0.1) is 5.75 Å². The highest BCUT2D eigenvalue weighted by atomic mass is 32.2. The predicted octanol–water partition coefficient (Wildman–Crippen LogP) is 1.20. The van der Waals surface area contributed by atoms with Gasteiger partial charge in [0.2, 0.25) is 0 Å². The summed E-state index contributed by atoms with van der Waals surface area (Å²) in [5.74, 6) is -0.312. The summed E-state index contributed by atoms with van der Waals surface area (Å²) in [5, 5.41) is 0. The number of methoxy groups -OCH3 is 1. The van der Waals surface area contributed by atoms with E-state index in [9.17, 15) is 13.2 Å². The van der Waals surface area contributed by atoms with Crippen molar-refractivity contribution in [1.29, 1.82) is 0 Å². The number of sulfone groups is 1. The molecule has 0 aliphatic heterocycles. The minimum absolute atomic E-state index is 0.00259. The molecule has 1 saturated carbocycles. The van der Waals surface area contributed by atoms with E-state index < -0.39 is 9.84 Å². The number of ether oxygens (including phenoxy) is 1. The van der Waals surface area contributed by atoms with E-state index in [4.69, 9.17) is 4.74 Å². The number of hydrogen-bond acceptors (Lipinski definition) is 4. The molecule has 0 aromatic carbocycles. The van der Waals surface area contributed by atoms with Crippen molar-refractivity contribution < 1.29 is 17.9 Å². The van der Waals surface area contributed by atoms with Crippen molar-refractivity contribution in [3.63, 3.8) is 0 Å². The Kier molecular flexibility index (Phi) is 5.41.